The summed E-state index contributed by atoms with van der Waals surface area (Å²) in [6.45, 7) is 12.5. The Morgan fingerprint density at radius 3 is 1.66 bits per heavy atom. The molecule has 0 saturated heterocycles. The van der Waals surface area contributed by atoms with Crippen molar-refractivity contribution in [3.05, 3.63) is 109 Å². The molecule has 8 aromatic rings. The summed E-state index contributed by atoms with van der Waals surface area (Å²) in [4.78, 5) is 27.9. The summed E-state index contributed by atoms with van der Waals surface area (Å²) in [6.07, 6.45) is 3.11. The van der Waals surface area contributed by atoms with E-state index >= 15 is 4.39 Å². The van der Waals surface area contributed by atoms with Crippen molar-refractivity contribution < 1.29 is 4.39 Å². The summed E-state index contributed by atoms with van der Waals surface area (Å²) >= 11 is 0. The molecule has 0 radical (unpaired) electrons. The van der Waals surface area contributed by atoms with E-state index in [0.29, 0.717) is 28.7 Å². The lowest BCUT2D eigenvalue weighted by Gasteiger charge is -2.21. The second-order valence-electron chi connectivity index (χ2n) is 14.2. The van der Waals surface area contributed by atoms with E-state index in [1.54, 1.807) is 18.7 Å². The maximum atomic E-state index is 16.3. The second-order valence-corrected chi connectivity index (χ2v) is 14.2. The van der Waals surface area contributed by atoms with Crippen LogP contribution in [0, 0.1) is 5.82 Å². The third-order valence-electron chi connectivity index (χ3n) is 8.90. The Labute approximate surface area is 272 Å². The molecule has 0 fully saturated rings. The molecule has 2 heterocycles. The van der Waals surface area contributed by atoms with E-state index in [0.717, 1.165) is 60.0 Å². The van der Waals surface area contributed by atoms with E-state index in [2.05, 4.69) is 116 Å². The molecule has 2 aromatic heterocycles. The molecular weight excluding hydrogens is 583 g/mol. The Morgan fingerprint density at radius 1 is 0.468 bits per heavy atom. The molecule has 0 aliphatic carbocycles. The molecule has 47 heavy (non-hydrogen) atoms. The maximum absolute atomic E-state index is 16.3. The summed E-state index contributed by atoms with van der Waals surface area (Å²) in [6, 6.07) is 26.5. The predicted octanol–water partition coefficient (Wildman–Crippen LogP) is 9.84. The first-order chi connectivity index (χ1) is 22.5. The molecular formula is C40H33FN6. The molecule has 230 valence electrons. The van der Waals surface area contributed by atoms with E-state index in [1.807, 2.05) is 18.2 Å². The van der Waals surface area contributed by atoms with Crippen LogP contribution in [0.2, 0.25) is 0 Å². The molecule has 0 aliphatic rings. The first-order valence-corrected chi connectivity index (χ1v) is 15.8. The first kappa shape index (κ1) is 29.0. The van der Waals surface area contributed by atoms with Gasteiger partial charge in [0.1, 0.15) is 30.1 Å². The zero-order valence-corrected chi connectivity index (χ0v) is 27.2. The largest absolute Gasteiger partial charge is 0.221 e. The molecule has 7 heteroatoms. The van der Waals surface area contributed by atoms with E-state index in [4.69, 9.17) is 9.97 Å². The fraction of sp³-hybridized carbons (Fsp3) is 0.200. The zero-order valence-electron chi connectivity index (χ0n) is 27.2. The Kier molecular flexibility index (Phi) is 6.35. The van der Waals surface area contributed by atoms with Crippen LogP contribution in [0.3, 0.4) is 0 Å². The van der Waals surface area contributed by atoms with Gasteiger partial charge in [0, 0.05) is 32.7 Å². The fourth-order valence-electron chi connectivity index (χ4n) is 6.58. The topological polar surface area (TPSA) is 77.3 Å². The number of halogens is 1. The number of hydrogen-bond donors (Lipinski definition) is 0. The van der Waals surface area contributed by atoms with Gasteiger partial charge in [-0.1, -0.05) is 96.1 Å². The number of hydrogen-bond acceptors (Lipinski definition) is 6. The average molecular weight is 617 g/mol. The SMILES string of the molecule is CC(C)(C)c1ncnc(-c2ccc3c(F)cc4c(-c5ncnc(C(C)(C)C)n5)ccc5c(-c6cccc7ccccc67)cc2c3c45)n1. The van der Waals surface area contributed by atoms with Crippen molar-refractivity contribution in [2.45, 2.75) is 52.4 Å². The van der Waals surface area contributed by atoms with Crippen molar-refractivity contribution in [3.8, 4) is 33.9 Å². The van der Waals surface area contributed by atoms with Crippen molar-refractivity contribution in [1.82, 2.24) is 29.9 Å². The molecule has 0 saturated carbocycles. The zero-order chi connectivity index (χ0) is 32.7. The maximum Gasteiger partial charge on any atom is 0.163 e. The molecule has 6 aromatic carbocycles. The van der Waals surface area contributed by atoms with E-state index in [9.17, 15) is 0 Å². The molecule has 0 aliphatic heterocycles. The summed E-state index contributed by atoms with van der Waals surface area (Å²) in [5.41, 5.74) is 3.16. The molecule has 0 spiro atoms. The van der Waals surface area contributed by atoms with Crippen LogP contribution in [0.25, 0.3) is 77.0 Å². The minimum absolute atomic E-state index is 0.271. The smallest absolute Gasteiger partial charge is 0.163 e. The summed E-state index contributed by atoms with van der Waals surface area (Å²) in [5.74, 6) is 2.13. The average Bonchev–Trinajstić information content (AvgIpc) is 3.06. The predicted molar refractivity (Wildman–Crippen MR) is 188 cm³/mol. The van der Waals surface area contributed by atoms with E-state index < -0.39 is 0 Å². The molecule has 8 rings (SSSR count). The standard InChI is InChI=1S/C40H33FN6/c1-39(2,3)37-44-20-42-35(46-37)26-16-17-28-32(41)19-31-27(36-43-21-45-38(47-36)40(4,5)6)15-14-25-29(18-30(26)34(28)33(25)31)24-13-9-11-22-10-7-8-12-23(22)24/h7-21H,1-6H3. The van der Waals surface area contributed by atoms with Crippen molar-refractivity contribution >= 4 is 43.1 Å². The number of rotatable bonds is 3. The van der Waals surface area contributed by atoms with E-state index in [-0.39, 0.29) is 16.6 Å². The molecule has 0 unspecified atom stereocenters. The molecule has 0 N–H and O–H groups in total. The minimum atomic E-state index is -0.308. The normalized spacial score (nSPS) is 12.6. The quantitative estimate of drug-likeness (QED) is 0.184. The number of fused-ring (bicyclic) bond motifs is 1. The van der Waals surface area contributed by atoms with E-state index in [1.165, 1.54) is 0 Å². The number of benzene rings is 6. The van der Waals surface area contributed by atoms with Gasteiger partial charge in [-0.15, -0.1) is 0 Å². The fourth-order valence-corrected chi connectivity index (χ4v) is 6.58. The van der Waals surface area contributed by atoms with Crippen LogP contribution < -0.4 is 0 Å². The van der Waals surface area contributed by atoms with Crippen LogP contribution >= 0.6 is 0 Å². The number of aromatic nitrogens is 6. The Balaban J connectivity index is 1.54. The van der Waals surface area contributed by atoms with Gasteiger partial charge in [0.2, 0.25) is 0 Å². The van der Waals surface area contributed by atoms with Crippen molar-refractivity contribution in [3.63, 3.8) is 0 Å². The molecule has 0 atom stereocenters. The van der Waals surface area contributed by atoms with Crippen LogP contribution in [0.1, 0.15) is 53.2 Å². The van der Waals surface area contributed by atoms with Gasteiger partial charge in [0.25, 0.3) is 0 Å². The van der Waals surface area contributed by atoms with Gasteiger partial charge >= 0.3 is 0 Å². The third-order valence-corrected chi connectivity index (χ3v) is 8.90. The number of nitrogens with zero attached hydrogens (tertiary/aromatic N) is 6. The van der Waals surface area contributed by atoms with Gasteiger partial charge in [-0.3, -0.25) is 0 Å². The summed E-state index contributed by atoms with van der Waals surface area (Å²) in [7, 11) is 0. The van der Waals surface area contributed by atoms with Gasteiger partial charge in [-0.2, -0.15) is 0 Å². The lowest BCUT2D eigenvalue weighted by molar-refractivity contribution is 0.542. The lowest BCUT2D eigenvalue weighted by Crippen LogP contribution is -2.16. The van der Waals surface area contributed by atoms with Gasteiger partial charge in [0.15, 0.2) is 11.6 Å². The van der Waals surface area contributed by atoms with Crippen LogP contribution in [-0.2, 0) is 10.8 Å². The second kappa shape index (κ2) is 10.3. The van der Waals surface area contributed by atoms with Gasteiger partial charge in [-0.05, 0) is 67.7 Å². The Bertz CT molecular complexity index is 2500. The van der Waals surface area contributed by atoms with Crippen LogP contribution in [0.15, 0.2) is 91.5 Å². The first-order valence-electron chi connectivity index (χ1n) is 15.8. The minimum Gasteiger partial charge on any atom is -0.221 e. The van der Waals surface area contributed by atoms with Crippen molar-refractivity contribution in [2.75, 3.05) is 0 Å². The lowest BCUT2D eigenvalue weighted by atomic mass is 9.84. The summed E-state index contributed by atoms with van der Waals surface area (Å²) in [5, 5.41) is 7.23. The Hall–Kier alpha value is -5.43. The van der Waals surface area contributed by atoms with Crippen molar-refractivity contribution in [1.29, 1.82) is 0 Å². The summed E-state index contributed by atoms with van der Waals surface area (Å²) < 4.78 is 16.3. The highest BCUT2D eigenvalue weighted by Crippen LogP contribution is 2.47. The van der Waals surface area contributed by atoms with Crippen LogP contribution in [-0.4, -0.2) is 29.9 Å². The van der Waals surface area contributed by atoms with Gasteiger partial charge in [0.05, 0.1) is 0 Å². The van der Waals surface area contributed by atoms with Gasteiger partial charge in [-0.25, -0.2) is 34.3 Å². The van der Waals surface area contributed by atoms with Crippen molar-refractivity contribution in [2.24, 2.45) is 0 Å². The third kappa shape index (κ3) is 4.68. The highest BCUT2D eigenvalue weighted by Gasteiger charge is 2.25. The molecule has 6 nitrogen and oxygen atoms in total. The Morgan fingerprint density at radius 2 is 1.02 bits per heavy atom. The monoisotopic (exact) mass is 616 g/mol. The molecule has 0 bridgehead atoms. The van der Waals surface area contributed by atoms with Crippen LogP contribution in [0.4, 0.5) is 4.39 Å². The highest BCUT2D eigenvalue weighted by atomic mass is 19.1. The molecule has 0 amide bonds. The van der Waals surface area contributed by atoms with Crippen LogP contribution in [0.5, 0.6) is 0 Å². The van der Waals surface area contributed by atoms with Gasteiger partial charge < -0.3 is 0 Å². The highest BCUT2D eigenvalue weighted by molar-refractivity contribution is 6.30.